The number of hydrogen-bond donors (Lipinski definition) is 2. The van der Waals surface area contributed by atoms with Crippen LogP contribution in [-0.2, 0) is 21.3 Å². The van der Waals surface area contributed by atoms with Crippen LogP contribution in [0.2, 0.25) is 10.0 Å². The van der Waals surface area contributed by atoms with Crippen LogP contribution in [0.15, 0.2) is 36.5 Å². The van der Waals surface area contributed by atoms with Crippen LogP contribution < -0.4 is 4.72 Å². The molecule has 1 unspecified atom stereocenters. The van der Waals surface area contributed by atoms with Gasteiger partial charge in [0.05, 0.1) is 35.0 Å². The Hall–Kier alpha value is -1.92. The van der Waals surface area contributed by atoms with Crippen LogP contribution in [0, 0.1) is 0 Å². The first kappa shape index (κ1) is 25.2. The summed E-state index contributed by atoms with van der Waals surface area (Å²) in [6.45, 7) is 3.69. The number of aliphatic hydroxyl groups excluding tert-OH is 1. The van der Waals surface area contributed by atoms with Gasteiger partial charge in [-0.25, -0.2) is 13.4 Å². The zero-order valence-corrected chi connectivity index (χ0v) is 21.2. The van der Waals surface area contributed by atoms with Gasteiger partial charge in [-0.3, -0.25) is 18.9 Å². The van der Waals surface area contributed by atoms with Crippen molar-refractivity contribution in [3.63, 3.8) is 0 Å². The molecule has 0 amide bonds. The zero-order valence-electron chi connectivity index (χ0n) is 18.9. The largest absolute Gasteiger partial charge is 0.381 e. The number of nitrogens with zero attached hydrogens (tertiary/aromatic N) is 4. The Bertz CT molecular complexity index is 1280. The molecular weight excluding hydrogens is 501 g/mol. The summed E-state index contributed by atoms with van der Waals surface area (Å²) in [6.07, 6.45) is 2.21. The summed E-state index contributed by atoms with van der Waals surface area (Å²) < 4.78 is 33.0. The van der Waals surface area contributed by atoms with Crippen molar-refractivity contribution in [3.8, 4) is 11.3 Å². The number of anilines is 1. The number of pyridine rings is 1. The van der Waals surface area contributed by atoms with Gasteiger partial charge in [-0.1, -0.05) is 23.2 Å². The monoisotopic (exact) mass is 527 g/mol. The van der Waals surface area contributed by atoms with Gasteiger partial charge < -0.3 is 9.84 Å². The van der Waals surface area contributed by atoms with Crippen molar-refractivity contribution in [1.82, 2.24) is 19.2 Å². The summed E-state index contributed by atoms with van der Waals surface area (Å²) in [6, 6.07) is 8.73. The van der Waals surface area contributed by atoms with Crippen molar-refractivity contribution < 1.29 is 18.3 Å². The van der Waals surface area contributed by atoms with E-state index in [0.29, 0.717) is 46.7 Å². The zero-order chi connectivity index (χ0) is 24.5. The molecule has 0 spiro atoms. The minimum absolute atomic E-state index is 0.266. The maximum absolute atomic E-state index is 11.8. The molecule has 0 radical (unpaired) electrons. The van der Waals surface area contributed by atoms with Gasteiger partial charge in [0.25, 0.3) is 0 Å². The number of aliphatic hydroxyl groups is 1. The van der Waals surface area contributed by atoms with E-state index in [4.69, 9.17) is 32.9 Å². The lowest BCUT2D eigenvalue weighted by Gasteiger charge is -2.37. The molecule has 1 saturated heterocycles. The molecular formula is C22H27Cl2N5O4S. The van der Waals surface area contributed by atoms with E-state index in [2.05, 4.69) is 9.62 Å². The van der Waals surface area contributed by atoms with E-state index in [1.54, 1.807) is 37.6 Å². The number of methoxy groups -OCH3 is 1. The van der Waals surface area contributed by atoms with E-state index in [9.17, 15) is 13.5 Å². The predicted molar refractivity (Wildman–Crippen MR) is 134 cm³/mol. The highest BCUT2D eigenvalue weighted by Gasteiger charge is 2.25. The van der Waals surface area contributed by atoms with Gasteiger partial charge in [-0.15, -0.1) is 0 Å². The van der Waals surface area contributed by atoms with Crippen molar-refractivity contribution in [2.75, 3.05) is 50.9 Å². The number of rotatable bonds is 8. The molecule has 3 aromatic rings. The quantitative estimate of drug-likeness (QED) is 0.464. The van der Waals surface area contributed by atoms with Gasteiger partial charge in [0.15, 0.2) is 0 Å². The van der Waals surface area contributed by atoms with Gasteiger partial charge in [0.2, 0.25) is 10.0 Å². The molecule has 9 nitrogen and oxygen atoms in total. The third-order valence-corrected chi connectivity index (χ3v) is 6.88. The summed E-state index contributed by atoms with van der Waals surface area (Å²) in [5, 5.41) is 11.2. The van der Waals surface area contributed by atoms with Crippen LogP contribution in [0.4, 0.5) is 5.69 Å². The number of halogens is 2. The Balaban J connectivity index is 1.69. The second-order valence-corrected chi connectivity index (χ2v) is 10.9. The van der Waals surface area contributed by atoms with Crippen molar-refractivity contribution in [2.45, 2.75) is 12.8 Å². The molecule has 2 aromatic heterocycles. The van der Waals surface area contributed by atoms with E-state index in [1.165, 1.54) is 0 Å². The maximum Gasteiger partial charge on any atom is 0.229 e. The Kier molecular flexibility index (Phi) is 7.68. The van der Waals surface area contributed by atoms with Crippen LogP contribution in [-0.4, -0.2) is 85.1 Å². The summed E-state index contributed by atoms with van der Waals surface area (Å²) in [7, 11) is -1.86. The molecule has 184 valence electrons. The highest BCUT2D eigenvalue weighted by Crippen LogP contribution is 2.34. The highest BCUT2D eigenvalue weighted by molar-refractivity contribution is 7.92. The molecule has 0 saturated carbocycles. The van der Waals surface area contributed by atoms with Crippen LogP contribution in [0.1, 0.15) is 5.69 Å². The van der Waals surface area contributed by atoms with Gasteiger partial charge >= 0.3 is 0 Å². The standard InChI is InChI=1S/C22H27Cl2N5O4S/c1-33-14-21(30)28-9-7-27(8-10-28)13-19-22(17-5-3-15(23)11-18(17)24)25-20-6-4-16(12-29(19)20)26-34(2,31)32/h3-6,11-12,21,26,30H,7-10,13-14H2,1-2H3. The second-order valence-electron chi connectivity index (χ2n) is 8.30. The van der Waals surface area contributed by atoms with Crippen LogP contribution in [0.25, 0.3) is 16.9 Å². The summed E-state index contributed by atoms with van der Waals surface area (Å²) in [5.41, 5.74) is 3.44. The average Bonchev–Trinajstić information content (AvgIpc) is 3.10. The van der Waals surface area contributed by atoms with Crippen LogP contribution in [0.5, 0.6) is 0 Å². The highest BCUT2D eigenvalue weighted by atomic mass is 35.5. The Morgan fingerprint density at radius 2 is 1.91 bits per heavy atom. The molecule has 2 N–H and O–H groups in total. The molecule has 0 bridgehead atoms. The molecule has 4 rings (SSSR count). The molecule has 1 aromatic carbocycles. The lowest BCUT2D eigenvalue weighted by molar-refractivity contribution is -0.0656. The van der Waals surface area contributed by atoms with E-state index in [-0.39, 0.29) is 6.61 Å². The van der Waals surface area contributed by atoms with Crippen molar-refractivity contribution in [3.05, 3.63) is 52.3 Å². The molecule has 1 atom stereocenters. The number of ether oxygens (including phenoxy) is 1. The van der Waals surface area contributed by atoms with Gasteiger partial charge in [0, 0.05) is 56.6 Å². The number of hydrogen-bond acceptors (Lipinski definition) is 7. The Morgan fingerprint density at radius 3 is 2.56 bits per heavy atom. The van der Waals surface area contributed by atoms with Crippen LogP contribution in [0.3, 0.4) is 0 Å². The lowest BCUT2D eigenvalue weighted by atomic mass is 10.1. The molecule has 0 aliphatic carbocycles. The minimum Gasteiger partial charge on any atom is -0.381 e. The Labute approximate surface area is 208 Å². The molecule has 1 fully saturated rings. The number of aromatic nitrogens is 2. The minimum atomic E-state index is -3.43. The first-order valence-corrected chi connectivity index (χ1v) is 13.4. The molecule has 3 heterocycles. The summed E-state index contributed by atoms with van der Waals surface area (Å²) in [5.74, 6) is 0. The number of nitrogens with one attached hydrogen (secondary N) is 1. The lowest BCUT2D eigenvalue weighted by Crippen LogP contribution is -2.51. The van der Waals surface area contributed by atoms with E-state index < -0.39 is 16.3 Å². The smallest absolute Gasteiger partial charge is 0.229 e. The van der Waals surface area contributed by atoms with E-state index in [0.717, 1.165) is 30.6 Å². The fraction of sp³-hybridized carbons (Fsp3) is 0.409. The predicted octanol–water partition coefficient (Wildman–Crippen LogP) is 2.76. The van der Waals surface area contributed by atoms with Gasteiger partial charge in [0.1, 0.15) is 11.9 Å². The molecule has 34 heavy (non-hydrogen) atoms. The van der Waals surface area contributed by atoms with Gasteiger partial charge in [-0.05, 0) is 30.3 Å². The van der Waals surface area contributed by atoms with Crippen LogP contribution >= 0.6 is 23.2 Å². The van der Waals surface area contributed by atoms with E-state index >= 15 is 0 Å². The number of piperazine rings is 1. The number of fused-ring (bicyclic) bond motifs is 1. The van der Waals surface area contributed by atoms with Crippen molar-refractivity contribution in [2.24, 2.45) is 0 Å². The fourth-order valence-electron chi connectivity index (χ4n) is 4.10. The van der Waals surface area contributed by atoms with Gasteiger partial charge in [-0.2, -0.15) is 0 Å². The number of benzene rings is 1. The first-order valence-electron chi connectivity index (χ1n) is 10.7. The molecule has 12 heteroatoms. The normalized spacial score (nSPS) is 16.7. The topological polar surface area (TPSA) is 99.4 Å². The number of imidazole rings is 1. The second kappa shape index (κ2) is 10.4. The SMILES string of the molecule is COCC(O)N1CCN(Cc2c(-c3ccc(Cl)cc3Cl)nc3ccc(NS(C)(=O)=O)cn23)CC1. The van der Waals surface area contributed by atoms with E-state index in [1.807, 2.05) is 15.4 Å². The third kappa shape index (κ3) is 5.83. The molecule has 1 aliphatic heterocycles. The van der Waals surface area contributed by atoms with Crippen molar-refractivity contribution >= 4 is 44.6 Å². The first-order chi connectivity index (χ1) is 16.1. The Morgan fingerprint density at radius 1 is 1.18 bits per heavy atom. The average molecular weight is 528 g/mol. The number of sulfonamides is 1. The molecule has 1 aliphatic rings. The summed E-state index contributed by atoms with van der Waals surface area (Å²) in [4.78, 5) is 9.06. The van der Waals surface area contributed by atoms with Crippen molar-refractivity contribution in [1.29, 1.82) is 0 Å². The summed E-state index contributed by atoms with van der Waals surface area (Å²) >= 11 is 12.6. The third-order valence-electron chi connectivity index (χ3n) is 5.72. The maximum atomic E-state index is 11.8. The fourth-order valence-corrected chi connectivity index (χ4v) is 5.15.